The lowest BCUT2D eigenvalue weighted by Gasteiger charge is -2.14. The van der Waals surface area contributed by atoms with E-state index in [1.165, 1.54) is 13.8 Å². The molecule has 0 heterocycles. The van der Waals surface area contributed by atoms with Gasteiger partial charge >= 0.3 is 5.97 Å². The highest BCUT2D eigenvalue weighted by molar-refractivity contribution is 6.00. The Morgan fingerprint density at radius 3 is 2.35 bits per heavy atom. The molecule has 7 heteroatoms. The van der Waals surface area contributed by atoms with Gasteiger partial charge < -0.3 is 15.4 Å². The number of ether oxygens (including phenoxy) is 1. The third kappa shape index (κ3) is 5.76. The van der Waals surface area contributed by atoms with E-state index in [1.807, 2.05) is 30.3 Å². The fourth-order valence-corrected chi connectivity index (χ4v) is 2.94. The number of esters is 1. The standard InChI is InChI=1S/C24H22N2O5/c1-15(27)18-8-5-9-21(13-18)26-23(29)16(2)31-22(28)14-25-24(30)20-11-10-17-6-3-4-7-19(17)12-20/h3-13,16H,14H2,1-2H3,(H,25,30)(H,26,29)/t16-/m0/s1. The van der Waals surface area contributed by atoms with Crippen molar-refractivity contribution < 1.29 is 23.9 Å². The van der Waals surface area contributed by atoms with Gasteiger partial charge in [-0.3, -0.25) is 19.2 Å². The Kier molecular flexibility index (Phi) is 6.77. The molecule has 0 bridgehead atoms. The van der Waals surface area contributed by atoms with E-state index < -0.39 is 23.9 Å². The maximum absolute atomic E-state index is 12.3. The third-order valence-corrected chi connectivity index (χ3v) is 4.62. The van der Waals surface area contributed by atoms with Crippen molar-refractivity contribution in [1.29, 1.82) is 0 Å². The number of Topliss-reactive ketones (excluding diaryl/α,β-unsaturated/α-hetero) is 1. The molecule has 0 aliphatic heterocycles. The van der Waals surface area contributed by atoms with Crippen LogP contribution in [0.5, 0.6) is 0 Å². The highest BCUT2D eigenvalue weighted by Crippen LogP contribution is 2.15. The molecule has 31 heavy (non-hydrogen) atoms. The third-order valence-electron chi connectivity index (χ3n) is 4.62. The quantitative estimate of drug-likeness (QED) is 0.453. The number of nitrogens with one attached hydrogen (secondary N) is 2. The lowest BCUT2D eigenvalue weighted by molar-refractivity contribution is -0.152. The van der Waals surface area contributed by atoms with Crippen LogP contribution >= 0.6 is 0 Å². The topological polar surface area (TPSA) is 102 Å². The van der Waals surface area contributed by atoms with Gasteiger partial charge in [0.2, 0.25) is 0 Å². The van der Waals surface area contributed by atoms with Gasteiger partial charge in [-0.05, 0) is 48.9 Å². The summed E-state index contributed by atoms with van der Waals surface area (Å²) in [4.78, 5) is 48.0. The summed E-state index contributed by atoms with van der Waals surface area (Å²) in [6.45, 7) is 2.48. The zero-order chi connectivity index (χ0) is 22.4. The fourth-order valence-electron chi connectivity index (χ4n) is 2.94. The molecule has 3 aromatic carbocycles. The molecule has 2 N–H and O–H groups in total. The summed E-state index contributed by atoms with van der Waals surface area (Å²) in [7, 11) is 0. The average molecular weight is 418 g/mol. The molecule has 7 nitrogen and oxygen atoms in total. The predicted molar refractivity (Wildman–Crippen MR) is 117 cm³/mol. The number of anilines is 1. The molecule has 0 aliphatic rings. The normalized spacial score (nSPS) is 11.4. The highest BCUT2D eigenvalue weighted by atomic mass is 16.5. The molecule has 0 unspecified atom stereocenters. The summed E-state index contributed by atoms with van der Waals surface area (Å²) in [6.07, 6.45) is -1.08. The molecule has 0 fully saturated rings. The van der Waals surface area contributed by atoms with E-state index in [4.69, 9.17) is 4.74 Å². The number of hydrogen-bond donors (Lipinski definition) is 2. The molecule has 0 radical (unpaired) electrons. The highest BCUT2D eigenvalue weighted by Gasteiger charge is 2.19. The van der Waals surface area contributed by atoms with Crippen molar-refractivity contribution in [2.24, 2.45) is 0 Å². The van der Waals surface area contributed by atoms with Crippen LogP contribution in [0.15, 0.2) is 66.7 Å². The van der Waals surface area contributed by atoms with Crippen molar-refractivity contribution in [2.75, 3.05) is 11.9 Å². The lowest BCUT2D eigenvalue weighted by atomic mass is 10.1. The molecule has 158 valence electrons. The summed E-state index contributed by atoms with van der Waals surface area (Å²) in [5.41, 5.74) is 1.30. The molecular formula is C24H22N2O5. The number of hydrogen-bond acceptors (Lipinski definition) is 5. The zero-order valence-electron chi connectivity index (χ0n) is 17.2. The minimum absolute atomic E-state index is 0.127. The molecule has 2 amide bonds. The van der Waals surface area contributed by atoms with E-state index in [-0.39, 0.29) is 12.3 Å². The second kappa shape index (κ2) is 9.67. The minimum atomic E-state index is -1.08. The number of fused-ring (bicyclic) bond motifs is 1. The fraction of sp³-hybridized carbons (Fsp3) is 0.167. The van der Waals surface area contributed by atoms with Crippen LogP contribution in [-0.4, -0.2) is 36.2 Å². The molecule has 0 saturated carbocycles. The van der Waals surface area contributed by atoms with Crippen LogP contribution in [-0.2, 0) is 14.3 Å². The molecule has 0 spiro atoms. The van der Waals surface area contributed by atoms with Crippen LogP contribution in [0.3, 0.4) is 0 Å². The lowest BCUT2D eigenvalue weighted by Crippen LogP contribution is -2.35. The molecule has 3 rings (SSSR count). The number of benzene rings is 3. The Bertz CT molecular complexity index is 1160. The Labute approximate surface area is 179 Å². The number of carbonyl (C=O) groups is 4. The Morgan fingerprint density at radius 1 is 0.871 bits per heavy atom. The van der Waals surface area contributed by atoms with Crippen LogP contribution < -0.4 is 10.6 Å². The van der Waals surface area contributed by atoms with Crippen LogP contribution in [0, 0.1) is 0 Å². The van der Waals surface area contributed by atoms with E-state index in [2.05, 4.69) is 10.6 Å². The maximum atomic E-state index is 12.3. The Balaban J connectivity index is 1.51. The van der Waals surface area contributed by atoms with Gasteiger partial charge in [0, 0.05) is 16.8 Å². The second-order valence-electron chi connectivity index (χ2n) is 7.00. The number of rotatable bonds is 7. The largest absolute Gasteiger partial charge is 0.451 e. The summed E-state index contributed by atoms with van der Waals surface area (Å²) >= 11 is 0. The van der Waals surface area contributed by atoms with Crippen LogP contribution in [0.4, 0.5) is 5.69 Å². The van der Waals surface area contributed by atoms with E-state index in [0.29, 0.717) is 16.8 Å². The minimum Gasteiger partial charge on any atom is -0.451 e. The monoisotopic (exact) mass is 418 g/mol. The molecule has 1 atom stereocenters. The molecule has 0 aliphatic carbocycles. The maximum Gasteiger partial charge on any atom is 0.326 e. The molecule has 3 aromatic rings. The van der Waals surface area contributed by atoms with Gasteiger partial charge in [-0.25, -0.2) is 0 Å². The van der Waals surface area contributed by atoms with Crippen LogP contribution in [0.25, 0.3) is 10.8 Å². The SMILES string of the molecule is CC(=O)c1cccc(NC(=O)[C@H](C)OC(=O)CNC(=O)c2ccc3ccccc3c2)c1. The predicted octanol–water partition coefficient (Wildman–Crippen LogP) is 3.34. The van der Waals surface area contributed by atoms with Crippen molar-refractivity contribution >= 4 is 40.0 Å². The number of amides is 2. The van der Waals surface area contributed by atoms with E-state index in [0.717, 1.165) is 10.8 Å². The van der Waals surface area contributed by atoms with Crippen molar-refractivity contribution in [3.63, 3.8) is 0 Å². The molecular weight excluding hydrogens is 396 g/mol. The first-order chi connectivity index (χ1) is 14.8. The van der Waals surface area contributed by atoms with Gasteiger partial charge in [0.25, 0.3) is 11.8 Å². The number of ketones is 1. The van der Waals surface area contributed by atoms with Gasteiger partial charge in [0.15, 0.2) is 11.9 Å². The van der Waals surface area contributed by atoms with E-state index in [9.17, 15) is 19.2 Å². The van der Waals surface area contributed by atoms with Gasteiger partial charge in [-0.15, -0.1) is 0 Å². The molecule has 0 saturated heterocycles. The zero-order valence-corrected chi connectivity index (χ0v) is 17.2. The first kappa shape index (κ1) is 21.7. The summed E-state index contributed by atoms with van der Waals surface area (Å²) in [5.74, 6) is -1.83. The Morgan fingerprint density at radius 2 is 1.61 bits per heavy atom. The summed E-state index contributed by atoms with van der Waals surface area (Å²) in [5, 5.41) is 7.01. The van der Waals surface area contributed by atoms with Gasteiger partial charge in [0.1, 0.15) is 6.54 Å². The van der Waals surface area contributed by atoms with Gasteiger partial charge in [0.05, 0.1) is 0 Å². The van der Waals surface area contributed by atoms with Crippen molar-refractivity contribution in [1.82, 2.24) is 5.32 Å². The van der Waals surface area contributed by atoms with Crippen molar-refractivity contribution in [3.8, 4) is 0 Å². The number of carbonyl (C=O) groups excluding carboxylic acids is 4. The van der Waals surface area contributed by atoms with E-state index in [1.54, 1.807) is 36.4 Å². The van der Waals surface area contributed by atoms with E-state index >= 15 is 0 Å². The Hall–Kier alpha value is -4.00. The molecule has 0 aromatic heterocycles. The van der Waals surface area contributed by atoms with Crippen molar-refractivity contribution in [3.05, 3.63) is 77.9 Å². The van der Waals surface area contributed by atoms with Crippen LogP contribution in [0.2, 0.25) is 0 Å². The van der Waals surface area contributed by atoms with Gasteiger partial charge in [-0.1, -0.05) is 42.5 Å². The summed E-state index contributed by atoms with van der Waals surface area (Å²) in [6, 6.07) is 19.3. The average Bonchev–Trinajstić information content (AvgIpc) is 2.77. The second-order valence-corrected chi connectivity index (χ2v) is 7.00. The van der Waals surface area contributed by atoms with Crippen molar-refractivity contribution in [2.45, 2.75) is 20.0 Å². The first-order valence-corrected chi connectivity index (χ1v) is 9.72. The first-order valence-electron chi connectivity index (χ1n) is 9.72. The smallest absolute Gasteiger partial charge is 0.326 e. The van der Waals surface area contributed by atoms with Crippen LogP contribution in [0.1, 0.15) is 34.6 Å². The van der Waals surface area contributed by atoms with Gasteiger partial charge in [-0.2, -0.15) is 0 Å². The summed E-state index contributed by atoms with van der Waals surface area (Å²) < 4.78 is 5.09.